The monoisotopic (exact) mass is 192 g/mol. The van der Waals surface area contributed by atoms with Crippen LogP contribution in [0.4, 0.5) is 5.69 Å². The molecule has 0 radical (unpaired) electrons. The Morgan fingerprint density at radius 3 is 2.79 bits per heavy atom. The molecule has 3 nitrogen and oxygen atoms in total. The smallest absolute Gasteiger partial charge is 0.165 e. The molecule has 0 atom stereocenters. The Labute approximate surface area is 84.1 Å². The lowest BCUT2D eigenvalue weighted by molar-refractivity contribution is 0.0981. The van der Waals surface area contributed by atoms with Crippen LogP contribution in [0.2, 0.25) is 0 Å². The third kappa shape index (κ3) is 2.33. The molecule has 0 amide bonds. The van der Waals surface area contributed by atoms with Gasteiger partial charge in [0.05, 0.1) is 0 Å². The minimum absolute atomic E-state index is 0.0802. The average molecular weight is 192 g/mol. The van der Waals surface area contributed by atoms with E-state index in [-0.39, 0.29) is 5.78 Å². The number of benzene rings is 1. The molecular weight excluding hydrogens is 176 g/mol. The van der Waals surface area contributed by atoms with Crippen LogP contribution in [0.5, 0.6) is 0 Å². The lowest BCUT2D eigenvalue weighted by Crippen LogP contribution is -2.08. The Bertz CT molecular complexity index is 334. The fraction of sp³-hybridized carbons (Fsp3) is 0.364. The van der Waals surface area contributed by atoms with E-state index in [0.717, 1.165) is 5.56 Å². The molecule has 0 spiro atoms. The number of hydrogen-bond acceptors (Lipinski definition) is 3. The number of para-hydroxylation sites is 1. The molecule has 76 valence electrons. The Morgan fingerprint density at radius 2 is 2.14 bits per heavy atom. The first-order valence-corrected chi connectivity index (χ1v) is 4.75. The number of nitrogens with two attached hydrogens (primary N) is 2. The van der Waals surface area contributed by atoms with Crippen molar-refractivity contribution in [1.29, 1.82) is 0 Å². The maximum Gasteiger partial charge on any atom is 0.165 e. The molecule has 1 aromatic carbocycles. The highest BCUT2D eigenvalue weighted by Gasteiger charge is 2.09. The van der Waals surface area contributed by atoms with Crippen LogP contribution >= 0.6 is 0 Å². The molecule has 14 heavy (non-hydrogen) atoms. The third-order valence-electron chi connectivity index (χ3n) is 2.23. The normalized spacial score (nSPS) is 10.1. The van der Waals surface area contributed by atoms with Crippen molar-refractivity contribution in [3.63, 3.8) is 0 Å². The molecule has 0 heterocycles. The van der Waals surface area contributed by atoms with Gasteiger partial charge < -0.3 is 11.5 Å². The SMILES string of the molecule is Cc1cccc(C(=O)CCCN)c1N. The first-order chi connectivity index (χ1) is 6.66. The average Bonchev–Trinajstić information content (AvgIpc) is 2.18. The van der Waals surface area contributed by atoms with Crippen LogP contribution in [0.3, 0.4) is 0 Å². The molecule has 0 bridgehead atoms. The van der Waals surface area contributed by atoms with Gasteiger partial charge in [-0.25, -0.2) is 0 Å². The van der Waals surface area contributed by atoms with Gasteiger partial charge in [-0.15, -0.1) is 0 Å². The first-order valence-electron chi connectivity index (χ1n) is 4.75. The van der Waals surface area contributed by atoms with Crippen LogP contribution in [-0.2, 0) is 0 Å². The second-order valence-corrected chi connectivity index (χ2v) is 3.35. The highest BCUT2D eigenvalue weighted by atomic mass is 16.1. The van der Waals surface area contributed by atoms with Crippen molar-refractivity contribution in [1.82, 2.24) is 0 Å². The van der Waals surface area contributed by atoms with Crippen molar-refractivity contribution in [2.24, 2.45) is 5.73 Å². The van der Waals surface area contributed by atoms with Crippen molar-refractivity contribution in [3.05, 3.63) is 29.3 Å². The lowest BCUT2D eigenvalue weighted by Gasteiger charge is -2.06. The van der Waals surface area contributed by atoms with E-state index in [1.807, 2.05) is 19.1 Å². The molecule has 1 rings (SSSR count). The molecule has 0 saturated carbocycles. The predicted octanol–water partition coefficient (Wildman–Crippen LogP) is 1.50. The predicted molar refractivity (Wildman–Crippen MR) is 58.2 cm³/mol. The summed E-state index contributed by atoms with van der Waals surface area (Å²) in [5.41, 5.74) is 13.3. The molecule has 0 fully saturated rings. The zero-order chi connectivity index (χ0) is 10.6. The standard InChI is InChI=1S/C11H16N2O/c1-8-4-2-5-9(11(8)13)10(14)6-3-7-12/h2,4-5H,3,6-7,12-13H2,1H3. The molecule has 3 heteroatoms. The van der Waals surface area contributed by atoms with Gasteiger partial charge in [0, 0.05) is 17.7 Å². The Hall–Kier alpha value is -1.35. The summed E-state index contributed by atoms with van der Waals surface area (Å²) in [5, 5.41) is 0. The van der Waals surface area contributed by atoms with Crippen LogP contribution in [-0.4, -0.2) is 12.3 Å². The number of hydrogen-bond donors (Lipinski definition) is 2. The number of ketones is 1. The second kappa shape index (κ2) is 4.77. The molecular formula is C11H16N2O. The van der Waals surface area contributed by atoms with Crippen molar-refractivity contribution >= 4 is 11.5 Å². The number of carbonyl (C=O) groups is 1. The lowest BCUT2D eigenvalue weighted by atomic mass is 10.0. The molecule has 1 aromatic rings. The number of anilines is 1. The fourth-order valence-electron chi connectivity index (χ4n) is 1.32. The van der Waals surface area contributed by atoms with Gasteiger partial charge in [0.15, 0.2) is 5.78 Å². The van der Waals surface area contributed by atoms with E-state index in [2.05, 4.69) is 0 Å². The van der Waals surface area contributed by atoms with Crippen LogP contribution in [0, 0.1) is 6.92 Å². The highest BCUT2D eigenvalue weighted by molar-refractivity contribution is 6.01. The zero-order valence-electron chi connectivity index (χ0n) is 8.42. The van der Waals surface area contributed by atoms with Crippen molar-refractivity contribution in [2.45, 2.75) is 19.8 Å². The zero-order valence-corrected chi connectivity index (χ0v) is 8.42. The van der Waals surface area contributed by atoms with Gasteiger partial charge in [0.2, 0.25) is 0 Å². The van der Waals surface area contributed by atoms with Gasteiger partial charge in [0.25, 0.3) is 0 Å². The summed E-state index contributed by atoms with van der Waals surface area (Å²) < 4.78 is 0. The summed E-state index contributed by atoms with van der Waals surface area (Å²) in [6.45, 7) is 2.44. The summed E-state index contributed by atoms with van der Waals surface area (Å²) in [6.07, 6.45) is 1.19. The van der Waals surface area contributed by atoms with E-state index in [4.69, 9.17) is 11.5 Å². The molecule has 0 unspecified atom stereocenters. The van der Waals surface area contributed by atoms with E-state index in [0.29, 0.717) is 30.6 Å². The Morgan fingerprint density at radius 1 is 1.43 bits per heavy atom. The van der Waals surface area contributed by atoms with E-state index in [9.17, 15) is 4.79 Å². The first kappa shape index (κ1) is 10.7. The van der Waals surface area contributed by atoms with Crippen LogP contribution in [0.25, 0.3) is 0 Å². The number of nitrogen functional groups attached to an aromatic ring is 1. The van der Waals surface area contributed by atoms with Crippen LogP contribution in [0.1, 0.15) is 28.8 Å². The van der Waals surface area contributed by atoms with E-state index in [1.54, 1.807) is 6.07 Å². The molecule has 0 saturated heterocycles. The molecule has 0 aromatic heterocycles. The van der Waals surface area contributed by atoms with Gasteiger partial charge >= 0.3 is 0 Å². The second-order valence-electron chi connectivity index (χ2n) is 3.35. The quantitative estimate of drug-likeness (QED) is 0.561. The third-order valence-corrected chi connectivity index (χ3v) is 2.23. The highest BCUT2D eigenvalue weighted by Crippen LogP contribution is 2.18. The summed E-state index contributed by atoms with van der Waals surface area (Å²) >= 11 is 0. The van der Waals surface area contributed by atoms with E-state index in [1.165, 1.54) is 0 Å². The number of carbonyl (C=O) groups excluding carboxylic acids is 1. The van der Waals surface area contributed by atoms with E-state index < -0.39 is 0 Å². The van der Waals surface area contributed by atoms with Gasteiger partial charge in [-0.1, -0.05) is 12.1 Å². The molecule has 0 aliphatic carbocycles. The molecule has 4 N–H and O–H groups in total. The Kier molecular flexibility index (Phi) is 3.65. The fourth-order valence-corrected chi connectivity index (χ4v) is 1.32. The van der Waals surface area contributed by atoms with Crippen molar-refractivity contribution < 1.29 is 4.79 Å². The summed E-state index contributed by atoms with van der Waals surface area (Å²) in [7, 11) is 0. The summed E-state index contributed by atoms with van der Waals surface area (Å²) in [6, 6.07) is 5.51. The van der Waals surface area contributed by atoms with Crippen LogP contribution < -0.4 is 11.5 Å². The minimum atomic E-state index is 0.0802. The van der Waals surface area contributed by atoms with Crippen molar-refractivity contribution in [2.75, 3.05) is 12.3 Å². The van der Waals surface area contributed by atoms with Gasteiger partial charge in [-0.2, -0.15) is 0 Å². The topological polar surface area (TPSA) is 69.1 Å². The maximum absolute atomic E-state index is 11.6. The van der Waals surface area contributed by atoms with E-state index >= 15 is 0 Å². The molecule has 0 aliphatic rings. The molecule has 0 aliphatic heterocycles. The van der Waals surface area contributed by atoms with Gasteiger partial charge in [0.1, 0.15) is 0 Å². The maximum atomic E-state index is 11.6. The largest absolute Gasteiger partial charge is 0.398 e. The van der Waals surface area contributed by atoms with Crippen LogP contribution in [0.15, 0.2) is 18.2 Å². The van der Waals surface area contributed by atoms with Gasteiger partial charge in [-0.3, -0.25) is 4.79 Å². The minimum Gasteiger partial charge on any atom is -0.398 e. The van der Waals surface area contributed by atoms with Crippen molar-refractivity contribution in [3.8, 4) is 0 Å². The number of aryl methyl sites for hydroxylation is 1. The summed E-state index contributed by atoms with van der Waals surface area (Å²) in [4.78, 5) is 11.6. The van der Waals surface area contributed by atoms with Gasteiger partial charge in [-0.05, 0) is 31.5 Å². The Balaban J connectivity index is 2.84. The number of rotatable bonds is 4. The summed E-state index contributed by atoms with van der Waals surface area (Å²) in [5.74, 6) is 0.0802. The number of Topliss-reactive ketones (excluding diaryl/α,β-unsaturated/α-hetero) is 1.